The number of rotatable bonds is 8. The normalized spacial score (nSPS) is 12.2. The fraction of sp³-hybridized carbons (Fsp3) is 0.667. The average molecular weight is 253 g/mol. The van der Waals surface area contributed by atoms with Crippen molar-refractivity contribution < 1.29 is 5.11 Å². The summed E-state index contributed by atoms with van der Waals surface area (Å²) in [7, 11) is 0. The van der Waals surface area contributed by atoms with Crippen LogP contribution in [0.3, 0.4) is 0 Å². The van der Waals surface area contributed by atoms with Crippen molar-refractivity contribution in [2.45, 2.75) is 45.6 Å². The number of hydrogen-bond donors (Lipinski definition) is 4. The number of aliphatic hydroxyl groups is 1. The van der Waals surface area contributed by atoms with Gasteiger partial charge in [0.1, 0.15) is 17.5 Å². The zero-order valence-electron chi connectivity index (χ0n) is 11.1. The molecule has 1 rings (SSSR count). The highest BCUT2D eigenvalue weighted by atomic mass is 16.3. The van der Waals surface area contributed by atoms with E-state index in [1.54, 1.807) is 13.0 Å². The Morgan fingerprint density at radius 3 is 2.72 bits per heavy atom. The molecule has 0 radical (unpaired) electrons. The van der Waals surface area contributed by atoms with Crippen LogP contribution in [-0.4, -0.2) is 27.7 Å². The van der Waals surface area contributed by atoms with Gasteiger partial charge in [0.2, 0.25) is 0 Å². The summed E-state index contributed by atoms with van der Waals surface area (Å²) >= 11 is 0. The van der Waals surface area contributed by atoms with Gasteiger partial charge in [-0.05, 0) is 26.2 Å². The Hall–Kier alpha value is -1.40. The summed E-state index contributed by atoms with van der Waals surface area (Å²) in [4.78, 5) is 8.68. The van der Waals surface area contributed by atoms with Crippen LogP contribution in [0.4, 0.5) is 11.6 Å². The molecule has 18 heavy (non-hydrogen) atoms. The second-order valence-electron chi connectivity index (χ2n) is 4.37. The molecule has 0 fully saturated rings. The molecule has 0 aliphatic rings. The van der Waals surface area contributed by atoms with Crippen molar-refractivity contribution in [3.63, 3.8) is 0 Å². The Morgan fingerprint density at radius 2 is 2.11 bits per heavy atom. The van der Waals surface area contributed by atoms with Crippen LogP contribution in [0.2, 0.25) is 0 Å². The third-order valence-corrected chi connectivity index (χ3v) is 2.50. The van der Waals surface area contributed by atoms with Gasteiger partial charge in [-0.2, -0.15) is 0 Å². The summed E-state index contributed by atoms with van der Waals surface area (Å²) in [5.41, 5.74) is 2.54. The van der Waals surface area contributed by atoms with Gasteiger partial charge in [0, 0.05) is 19.0 Å². The van der Waals surface area contributed by atoms with Crippen molar-refractivity contribution in [1.82, 2.24) is 9.97 Å². The van der Waals surface area contributed by atoms with E-state index in [0.29, 0.717) is 5.82 Å². The first kappa shape index (κ1) is 14.7. The summed E-state index contributed by atoms with van der Waals surface area (Å²) in [6.45, 7) is 4.65. The van der Waals surface area contributed by atoms with Crippen LogP contribution >= 0.6 is 0 Å². The number of aliphatic hydroxyl groups excluding tert-OH is 1. The molecule has 0 saturated carbocycles. The van der Waals surface area contributed by atoms with Gasteiger partial charge in [-0.25, -0.2) is 15.8 Å². The predicted molar refractivity (Wildman–Crippen MR) is 73.2 cm³/mol. The first-order valence-electron chi connectivity index (χ1n) is 6.42. The van der Waals surface area contributed by atoms with Gasteiger partial charge in [0.05, 0.1) is 6.10 Å². The smallest absolute Gasteiger partial charge is 0.145 e. The predicted octanol–water partition coefficient (Wildman–Crippen LogP) is 1.29. The number of hydrazine groups is 1. The van der Waals surface area contributed by atoms with Crippen LogP contribution in [0.15, 0.2) is 6.07 Å². The number of nitrogens with two attached hydrogens (primary N) is 1. The van der Waals surface area contributed by atoms with Crippen LogP contribution in [0, 0.1) is 0 Å². The van der Waals surface area contributed by atoms with Gasteiger partial charge in [-0.15, -0.1) is 0 Å². The molecule has 0 aliphatic heterocycles. The van der Waals surface area contributed by atoms with Crippen molar-refractivity contribution in [3.05, 3.63) is 11.9 Å². The number of hydrogen-bond acceptors (Lipinski definition) is 6. The van der Waals surface area contributed by atoms with Gasteiger partial charge < -0.3 is 15.8 Å². The van der Waals surface area contributed by atoms with Crippen molar-refractivity contribution >= 4 is 11.6 Å². The van der Waals surface area contributed by atoms with E-state index in [0.717, 1.165) is 43.9 Å². The monoisotopic (exact) mass is 253 g/mol. The lowest BCUT2D eigenvalue weighted by Crippen LogP contribution is -2.13. The molecule has 5 N–H and O–H groups in total. The standard InChI is InChI=1S/C12H23N5O/c1-3-5-10-15-11(8-12(16-10)17-13)14-7-4-6-9(2)18/h8-9,18H,3-7,13H2,1-2H3,(H2,14,15,16,17). The van der Waals surface area contributed by atoms with Crippen molar-refractivity contribution in [3.8, 4) is 0 Å². The van der Waals surface area contributed by atoms with Gasteiger partial charge in [-0.1, -0.05) is 6.92 Å². The first-order chi connectivity index (χ1) is 8.65. The molecular weight excluding hydrogens is 230 g/mol. The summed E-state index contributed by atoms with van der Waals surface area (Å²) < 4.78 is 0. The Morgan fingerprint density at radius 1 is 1.39 bits per heavy atom. The van der Waals surface area contributed by atoms with Crippen LogP contribution in [0.1, 0.15) is 38.9 Å². The second kappa shape index (κ2) is 7.84. The summed E-state index contributed by atoms with van der Waals surface area (Å²) in [6, 6.07) is 1.78. The fourth-order valence-electron chi connectivity index (χ4n) is 1.61. The van der Waals surface area contributed by atoms with Gasteiger partial charge in [-0.3, -0.25) is 0 Å². The van der Waals surface area contributed by atoms with Crippen molar-refractivity contribution in [2.24, 2.45) is 5.84 Å². The number of aromatic nitrogens is 2. The maximum atomic E-state index is 9.17. The summed E-state index contributed by atoms with van der Waals surface area (Å²) in [5, 5.41) is 12.4. The highest BCUT2D eigenvalue weighted by molar-refractivity contribution is 5.46. The van der Waals surface area contributed by atoms with Gasteiger partial charge in [0.25, 0.3) is 0 Å². The third-order valence-electron chi connectivity index (χ3n) is 2.50. The Bertz CT molecular complexity index is 356. The van der Waals surface area contributed by atoms with Crippen molar-refractivity contribution in [2.75, 3.05) is 17.3 Å². The molecule has 102 valence electrons. The third kappa shape index (κ3) is 5.29. The minimum Gasteiger partial charge on any atom is -0.393 e. The SMILES string of the molecule is CCCc1nc(NN)cc(NCCCC(C)O)n1. The highest BCUT2D eigenvalue weighted by Gasteiger charge is 2.03. The molecule has 1 atom stereocenters. The molecule has 1 aromatic rings. The molecule has 1 unspecified atom stereocenters. The molecule has 0 bridgehead atoms. The molecule has 0 saturated heterocycles. The maximum Gasteiger partial charge on any atom is 0.145 e. The highest BCUT2D eigenvalue weighted by Crippen LogP contribution is 2.11. The lowest BCUT2D eigenvalue weighted by atomic mass is 10.2. The van der Waals surface area contributed by atoms with Crippen LogP contribution < -0.4 is 16.6 Å². The Kier molecular flexibility index (Phi) is 6.38. The van der Waals surface area contributed by atoms with Gasteiger partial charge in [0.15, 0.2) is 0 Å². The molecule has 0 aliphatic carbocycles. The molecule has 1 heterocycles. The molecule has 6 nitrogen and oxygen atoms in total. The van der Waals surface area contributed by atoms with E-state index < -0.39 is 0 Å². The topological polar surface area (TPSA) is 96.1 Å². The van der Waals surface area contributed by atoms with E-state index in [-0.39, 0.29) is 6.10 Å². The Labute approximate surface area is 108 Å². The number of nitrogens with one attached hydrogen (secondary N) is 2. The number of nitrogen functional groups attached to an aromatic ring is 1. The Balaban J connectivity index is 2.55. The summed E-state index contributed by atoms with van der Waals surface area (Å²) in [5.74, 6) is 7.55. The molecule has 0 amide bonds. The van der Waals surface area contributed by atoms with Crippen LogP contribution in [0.5, 0.6) is 0 Å². The van der Waals surface area contributed by atoms with Gasteiger partial charge >= 0.3 is 0 Å². The number of aryl methyl sites for hydroxylation is 1. The van der Waals surface area contributed by atoms with E-state index in [9.17, 15) is 0 Å². The molecular formula is C12H23N5O. The van der Waals surface area contributed by atoms with Crippen molar-refractivity contribution in [1.29, 1.82) is 0 Å². The zero-order valence-corrected chi connectivity index (χ0v) is 11.1. The second-order valence-corrected chi connectivity index (χ2v) is 4.37. The number of nitrogens with zero attached hydrogens (tertiary/aromatic N) is 2. The quantitative estimate of drug-likeness (QED) is 0.317. The van der Waals surface area contributed by atoms with E-state index >= 15 is 0 Å². The molecule has 6 heteroatoms. The van der Waals surface area contributed by atoms with Crippen LogP contribution in [0.25, 0.3) is 0 Å². The number of anilines is 2. The van der Waals surface area contributed by atoms with E-state index in [4.69, 9.17) is 10.9 Å². The fourth-order valence-corrected chi connectivity index (χ4v) is 1.61. The molecule has 1 aromatic heterocycles. The summed E-state index contributed by atoms with van der Waals surface area (Å²) in [6.07, 6.45) is 3.25. The van der Waals surface area contributed by atoms with E-state index in [1.165, 1.54) is 0 Å². The first-order valence-corrected chi connectivity index (χ1v) is 6.42. The minimum atomic E-state index is -0.255. The lowest BCUT2D eigenvalue weighted by molar-refractivity contribution is 0.183. The largest absolute Gasteiger partial charge is 0.393 e. The molecule has 0 spiro atoms. The maximum absolute atomic E-state index is 9.17. The van der Waals surface area contributed by atoms with Crippen LogP contribution in [-0.2, 0) is 6.42 Å². The average Bonchev–Trinajstić information content (AvgIpc) is 2.34. The minimum absolute atomic E-state index is 0.255. The lowest BCUT2D eigenvalue weighted by Gasteiger charge is -2.10. The molecule has 0 aromatic carbocycles. The van der Waals surface area contributed by atoms with E-state index in [1.807, 2.05) is 0 Å². The van der Waals surface area contributed by atoms with E-state index in [2.05, 4.69) is 27.6 Å². The zero-order chi connectivity index (χ0) is 13.4.